The average molecular weight is 312 g/mol. The fourth-order valence-electron chi connectivity index (χ4n) is 4.28. The van der Waals surface area contributed by atoms with Crippen LogP contribution in [-0.2, 0) is 17.6 Å². The van der Waals surface area contributed by atoms with Gasteiger partial charge >= 0.3 is 0 Å². The van der Waals surface area contributed by atoms with Crippen molar-refractivity contribution in [2.75, 3.05) is 13.1 Å². The van der Waals surface area contributed by atoms with E-state index in [2.05, 4.69) is 11.6 Å². The summed E-state index contributed by atoms with van der Waals surface area (Å²) in [6, 6.07) is 3.42. The molecule has 1 saturated heterocycles. The van der Waals surface area contributed by atoms with Crippen LogP contribution in [0.4, 0.5) is 4.39 Å². The lowest BCUT2D eigenvalue weighted by molar-refractivity contribution is -0.127. The summed E-state index contributed by atoms with van der Waals surface area (Å²) in [5, 5.41) is 1.08. The van der Waals surface area contributed by atoms with Gasteiger partial charge in [0.25, 0.3) is 0 Å². The van der Waals surface area contributed by atoms with E-state index in [0.29, 0.717) is 6.54 Å². The number of hydrogen-bond acceptors (Lipinski definition) is 1. The Kier molecular flexibility index (Phi) is 3.47. The van der Waals surface area contributed by atoms with Gasteiger partial charge in [-0.2, -0.15) is 0 Å². The number of halogens is 1. The van der Waals surface area contributed by atoms with Crippen molar-refractivity contribution in [2.45, 2.75) is 38.0 Å². The number of benzene rings is 1. The number of rotatable bonds is 2. The molecule has 1 N–H and O–H groups in total. The second-order valence-electron chi connectivity index (χ2n) is 6.65. The molecular weight excluding hydrogens is 291 g/mol. The van der Waals surface area contributed by atoms with Gasteiger partial charge in [-0.25, -0.2) is 4.39 Å². The number of aromatic amines is 1. The fourth-order valence-corrected chi connectivity index (χ4v) is 4.28. The smallest absolute Gasteiger partial charge is 0.245 e. The van der Waals surface area contributed by atoms with E-state index in [4.69, 9.17) is 0 Å². The highest BCUT2D eigenvalue weighted by Gasteiger charge is 2.29. The minimum Gasteiger partial charge on any atom is -0.358 e. The molecule has 2 aromatic rings. The number of H-pyrrole nitrogens is 1. The normalized spacial score (nSPS) is 20.7. The van der Waals surface area contributed by atoms with Gasteiger partial charge < -0.3 is 9.88 Å². The van der Waals surface area contributed by atoms with E-state index < -0.39 is 0 Å². The molecule has 1 aliphatic carbocycles. The molecule has 0 spiro atoms. The van der Waals surface area contributed by atoms with Crippen LogP contribution in [0.3, 0.4) is 0 Å². The highest BCUT2D eigenvalue weighted by molar-refractivity contribution is 5.90. The standard InChI is InChI=1S/C19H21FN2O/c1-2-17(23)22-10-4-5-12(11-22)18-14(20)8-9-16-19(18)13-6-3-7-15(13)21-16/h2,8-9,12,21H,1,3-7,10-11H2/t12-/m1/s1. The van der Waals surface area contributed by atoms with Gasteiger partial charge in [0.2, 0.25) is 5.91 Å². The van der Waals surface area contributed by atoms with E-state index in [1.54, 1.807) is 11.0 Å². The second-order valence-corrected chi connectivity index (χ2v) is 6.65. The molecule has 4 rings (SSSR count). The van der Waals surface area contributed by atoms with Gasteiger partial charge in [0.05, 0.1) is 0 Å². The Balaban J connectivity index is 1.80. The van der Waals surface area contributed by atoms with Gasteiger partial charge in [-0.05, 0) is 55.9 Å². The third kappa shape index (κ3) is 2.28. The molecular formula is C19H21FN2O. The van der Waals surface area contributed by atoms with Crippen LogP contribution in [0.25, 0.3) is 10.9 Å². The van der Waals surface area contributed by atoms with Crippen molar-refractivity contribution in [3.05, 3.63) is 47.4 Å². The summed E-state index contributed by atoms with van der Waals surface area (Å²) >= 11 is 0. The molecule has 3 nitrogen and oxygen atoms in total. The number of likely N-dealkylation sites (tertiary alicyclic amines) is 1. The Morgan fingerprint density at radius 1 is 1.35 bits per heavy atom. The van der Waals surface area contributed by atoms with Crippen molar-refractivity contribution in [1.29, 1.82) is 0 Å². The molecule has 23 heavy (non-hydrogen) atoms. The number of carbonyl (C=O) groups excluding carboxylic acids is 1. The first-order valence-corrected chi connectivity index (χ1v) is 8.42. The Bertz CT molecular complexity index is 792. The van der Waals surface area contributed by atoms with Crippen molar-refractivity contribution in [1.82, 2.24) is 9.88 Å². The quantitative estimate of drug-likeness (QED) is 0.844. The van der Waals surface area contributed by atoms with Crippen molar-refractivity contribution < 1.29 is 9.18 Å². The highest BCUT2D eigenvalue weighted by Crippen LogP contribution is 2.39. The largest absolute Gasteiger partial charge is 0.358 e. The van der Waals surface area contributed by atoms with Gasteiger partial charge in [-0.3, -0.25) is 4.79 Å². The topological polar surface area (TPSA) is 36.1 Å². The van der Waals surface area contributed by atoms with Crippen molar-refractivity contribution >= 4 is 16.8 Å². The molecule has 120 valence electrons. The molecule has 1 fully saturated rings. The van der Waals surface area contributed by atoms with Crippen molar-refractivity contribution in [3.63, 3.8) is 0 Å². The minimum atomic E-state index is -0.135. The predicted molar refractivity (Wildman–Crippen MR) is 89.0 cm³/mol. The lowest BCUT2D eigenvalue weighted by Crippen LogP contribution is -2.38. The Hall–Kier alpha value is -2.10. The monoisotopic (exact) mass is 312 g/mol. The molecule has 0 saturated carbocycles. The lowest BCUT2D eigenvalue weighted by Gasteiger charge is -2.33. The Morgan fingerprint density at radius 3 is 3.04 bits per heavy atom. The van der Waals surface area contributed by atoms with E-state index in [1.807, 2.05) is 6.07 Å². The van der Waals surface area contributed by atoms with E-state index in [9.17, 15) is 9.18 Å². The van der Waals surface area contributed by atoms with Crippen molar-refractivity contribution in [3.8, 4) is 0 Å². The van der Waals surface area contributed by atoms with Gasteiger partial charge in [-0.15, -0.1) is 0 Å². The first kappa shape index (κ1) is 14.5. The maximum Gasteiger partial charge on any atom is 0.245 e. The number of carbonyl (C=O) groups is 1. The van der Waals surface area contributed by atoms with E-state index in [-0.39, 0.29) is 17.6 Å². The zero-order valence-electron chi connectivity index (χ0n) is 13.2. The maximum absolute atomic E-state index is 14.7. The molecule has 1 amide bonds. The summed E-state index contributed by atoms with van der Waals surface area (Å²) in [6.07, 6.45) is 6.40. The molecule has 1 atom stereocenters. The number of nitrogens with one attached hydrogen (secondary N) is 1. The predicted octanol–water partition coefficient (Wildman–Crippen LogP) is 3.69. The minimum absolute atomic E-state index is 0.0541. The summed E-state index contributed by atoms with van der Waals surface area (Å²) in [5.41, 5.74) is 4.41. The fraction of sp³-hybridized carbons (Fsp3) is 0.421. The number of hydrogen-bond donors (Lipinski definition) is 1. The second kappa shape index (κ2) is 5.52. The Morgan fingerprint density at radius 2 is 2.22 bits per heavy atom. The van der Waals surface area contributed by atoms with Crippen LogP contribution in [0.5, 0.6) is 0 Å². The third-order valence-corrected chi connectivity index (χ3v) is 5.31. The first-order valence-electron chi connectivity index (χ1n) is 8.42. The van der Waals surface area contributed by atoms with Crippen molar-refractivity contribution in [2.24, 2.45) is 0 Å². The van der Waals surface area contributed by atoms with Crippen LogP contribution in [0.2, 0.25) is 0 Å². The molecule has 1 aromatic carbocycles. The van der Waals surface area contributed by atoms with Crippen LogP contribution >= 0.6 is 0 Å². The van der Waals surface area contributed by atoms with Crippen LogP contribution in [0, 0.1) is 5.82 Å². The Labute approximate surface area is 135 Å². The van der Waals surface area contributed by atoms with Crippen LogP contribution < -0.4 is 0 Å². The molecule has 2 heterocycles. The summed E-state index contributed by atoms with van der Waals surface area (Å²) in [7, 11) is 0. The molecule has 1 aliphatic heterocycles. The summed E-state index contributed by atoms with van der Waals surface area (Å²) in [6.45, 7) is 4.89. The molecule has 0 radical (unpaired) electrons. The highest BCUT2D eigenvalue weighted by atomic mass is 19.1. The SMILES string of the molecule is C=CC(=O)N1CCC[C@@H](c2c(F)ccc3[nH]c4c(c23)CCC4)C1. The van der Waals surface area contributed by atoms with Crippen LogP contribution in [-0.4, -0.2) is 28.9 Å². The van der Waals surface area contributed by atoms with E-state index in [1.165, 1.54) is 17.3 Å². The number of nitrogens with zero attached hydrogens (tertiary/aromatic N) is 1. The van der Waals surface area contributed by atoms with Crippen LogP contribution in [0.15, 0.2) is 24.8 Å². The average Bonchev–Trinajstić information content (AvgIpc) is 3.15. The number of aromatic nitrogens is 1. The van der Waals surface area contributed by atoms with Crippen LogP contribution in [0.1, 0.15) is 42.0 Å². The van der Waals surface area contributed by atoms with Gasteiger partial charge in [0.15, 0.2) is 0 Å². The maximum atomic E-state index is 14.7. The summed E-state index contributed by atoms with van der Waals surface area (Å²) in [4.78, 5) is 17.2. The number of piperidine rings is 1. The first-order chi connectivity index (χ1) is 11.2. The molecule has 1 aromatic heterocycles. The molecule has 0 bridgehead atoms. The number of fused-ring (bicyclic) bond motifs is 3. The summed E-state index contributed by atoms with van der Waals surface area (Å²) in [5.74, 6) is -0.123. The molecule has 4 heteroatoms. The zero-order valence-corrected chi connectivity index (χ0v) is 13.2. The van der Waals surface area contributed by atoms with E-state index in [0.717, 1.165) is 55.1 Å². The zero-order chi connectivity index (χ0) is 16.0. The van der Waals surface area contributed by atoms with E-state index >= 15 is 0 Å². The number of amides is 1. The number of aryl methyl sites for hydroxylation is 2. The van der Waals surface area contributed by atoms with Gasteiger partial charge in [-0.1, -0.05) is 6.58 Å². The van der Waals surface area contributed by atoms with Gasteiger partial charge in [0.1, 0.15) is 5.82 Å². The molecule has 0 unspecified atom stereocenters. The van der Waals surface area contributed by atoms with Gasteiger partial charge in [0, 0.05) is 41.2 Å². The lowest BCUT2D eigenvalue weighted by atomic mass is 9.86. The summed E-state index contributed by atoms with van der Waals surface area (Å²) < 4.78 is 14.7. The third-order valence-electron chi connectivity index (χ3n) is 5.31. The molecule has 2 aliphatic rings.